The molecule has 1 aromatic carbocycles. The first-order valence-corrected chi connectivity index (χ1v) is 6.41. The number of aromatic nitrogens is 1. The van der Waals surface area contributed by atoms with E-state index in [1.807, 2.05) is 6.07 Å². The maximum absolute atomic E-state index is 13.6. The van der Waals surface area contributed by atoms with Crippen LogP contribution in [0.1, 0.15) is 17.3 Å². The van der Waals surface area contributed by atoms with Crippen LogP contribution in [0.3, 0.4) is 0 Å². The highest BCUT2D eigenvalue weighted by molar-refractivity contribution is 9.10. The maximum Gasteiger partial charge on any atom is 0.162 e. The van der Waals surface area contributed by atoms with Crippen molar-refractivity contribution < 1.29 is 8.78 Å². The Kier molecular flexibility index (Phi) is 4.57. The molecule has 0 aliphatic carbocycles. The predicted octanol–water partition coefficient (Wildman–Crippen LogP) is 2.87. The number of nitrogens with two attached hydrogens (primary N) is 1. The average Bonchev–Trinajstić information content (AvgIpc) is 2.42. The number of hydrazine groups is 1. The third-order valence-electron chi connectivity index (χ3n) is 2.76. The van der Waals surface area contributed by atoms with E-state index in [1.54, 1.807) is 12.3 Å². The van der Waals surface area contributed by atoms with Crippen molar-refractivity contribution in [2.24, 2.45) is 5.84 Å². The van der Waals surface area contributed by atoms with Gasteiger partial charge in [-0.1, -0.05) is 12.1 Å². The lowest BCUT2D eigenvalue weighted by molar-refractivity contribution is 0.478. The molecule has 0 bridgehead atoms. The van der Waals surface area contributed by atoms with Crippen LogP contribution in [0.5, 0.6) is 0 Å². The number of nitrogens with one attached hydrogen (secondary N) is 1. The van der Waals surface area contributed by atoms with E-state index >= 15 is 0 Å². The summed E-state index contributed by atoms with van der Waals surface area (Å²) in [5, 5.41) is 0. The highest BCUT2D eigenvalue weighted by atomic mass is 79.9. The molecule has 3 N–H and O–H groups in total. The van der Waals surface area contributed by atoms with E-state index in [1.165, 1.54) is 12.1 Å². The fraction of sp³-hybridized carbons (Fsp3) is 0.154. The van der Waals surface area contributed by atoms with Crippen molar-refractivity contribution in [2.45, 2.75) is 12.5 Å². The molecule has 2 rings (SSSR count). The van der Waals surface area contributed by atoms with Crippen molar-refractivity contribution >= 4 is 15.9 Å². The first-order valence-electron chi connectivity index (χ1n) is 5.62. The normalized spacial score (nSPS) is 12.4. The van der Waals surface area contributed by atoms with Crippen LogP contribution in [-0.4, -0.2) is 4.98 Å². The summed E-state index contributed by atoms with van der Waals surface area (Å²) in [6.45, 7) is 0. The molecule has 0 fully saturated rings. The van der Waals surface area contributed by atoms with Crippen LogP contribution in [0, 0.1) is 11.6 Å². The Bertz CT molecular complexity index is 560. The number of nitrogens with zero attached hydrogens (tertiary/aromatic N) is 1. The molecule has 0 spiro atoms. The van der Waals surface area contributed by atoms with Gasteiger partial charge < -0.3 is 0 Å². The molecule has 0 amide bonds. The second kappa shape index (κ2) is 6.18. The minimum atomic E-state index is -0.864. The van der Waals surface area contributed by atoms with Crippen LogP contribution >= 0.6 is 15.9 Å². The quantitative estimate of drug-likeness (QED) is 0.670. The largest absolute Gasteiger partial charge is 0.271 e. The lowest BCUT2D eigenvalue weighted by atomic mass is 10.0. The van der Waals surface area contributed by atoms with E-state index in [0.717, 1.165) is 10.5 Å². The van der Waals surface area contributed by atoms with Crippen molar-refractivity contribution in [2.75, 3.05) is 0 Å². The first-order chi connectivity index (χ1) is 9.11. The van der Waals surface area contributed by atoms with Gasteiger partial charge >= 0.3 is 0 Å². The third kappa shape index (κ3) is 3.34. The highest BCUT2D eigenvalue weighted by Gasteiger charge is 2.16. The van der Waals surface area contributed by atoms with Gasteiger partial charge in [-0.15, -0.1) is 0 Å². The van der Waals surface area contributed by atoms with Gasteiger partial charge in [0.05, 0.1) is 11.7 Å². The van der Waals surface area contributed by atoms with Crippen molar-refractivity contribution in [3.63, 3.8) is 0 Å². The van der Waals surface area contributed by atoms with Gasteiger partial charge in [-0.2, -0.15) is 0 Å². The number of benzene rings is 1. The van der Waals surface area contributed by atoms with Gasteiger partial charge in [-0.05, 0) is 46.1 Å². The Morgan fingerprint density at radius 1 is 1.26 bits per heavy atom. The van der Waals surface area contributed by atoms with E-state index in [4.69, 9.17) is 5.84 Å². The topological polar surface area (TPSA) is 50.9 Å². The van der Waals surface area contributed by atoms with E-state index in [-0.39, 0.29) is 18.0 Å². The average molecular weight is 328 g/mol. The number of rotatable bonds is 4. The molecule has 3 nitrogen and oxygen atoms in total. The van der Waals surface area contributed by atoms with E-state index in [2.05, 4.69) is 26.3 Å². The zero-order valence-electron chi connectivity index (χ0n) is 9.91. The summed E-state index contributed by atoms with van der Waals surface area (Å²) in [6, 6.07) is 7.28. The van der Waals surface area contributed by atoms with Crippen LogP contribution in [0.2, 0.25) is 0 Å². The smallest absolute Gasteiger partial charge is 0.162 e. The fourth-order valence-corrected chi connectivity index (χ4v) is 2.00. The summed E-state index contributed by atoms with van der Waals surface area (Å²) in [5.74, 6) is 3.75. The maximum atomic E-state index is 13.6. The van der Waals surface area contributed by atoms with Gasteiger partial charge in [0, 0.05) is 10.7 Å². The molecule has 0 saturated heterocycles. The van der Waals surface area contributed by atoms with Crippen LogP contribution in [0.4, 0.5) is 8.78 Å². The zero-order chi connectivity index (χ0) is 13.8. The molecule has 0 radical (unpaired) electrons. The number of halogens is 3. The second-order valence-corrected chi connectivity index (χ2v) is 4.95. The summed E-state index contributed by atoms with van der Waals surface area (Å²) in [6.07, 6.45) is 1.84. The SMILES string of the molecule is NNC(Cc1cccc(F)c1F)c1ccc(Br)cn1. The molecule has 1 atom stereocenters. The van der Waals surface area contributed by atoms with Crippen LogP contribution < -0.4 is 11.3 Å². The molecule has 6 heteroatoms. The summed E-state index contributed by atoms with van der Waals surface area (Å²) >= 11 is 3.28. The van der Waals surface area contributed by atoms with E-state index in [9.17, 15) is 8.78 Å². The Balaban J connectivity index is 2.24. The summed E-state index contributed by atoms with van der Waals surface area (Å²) in [5.41, 5.74) is 3.48. The Morgan fingerprint density at radius 2 is 2.05 bits per heavy atom. The molecular formula is C13H12BrF2N3. The van der Waals surface area contributed by atoms with Crippen LogP contribution in [0.25, 0.3) is 0 Å². The highest BCUT2D eigenvalue weighted by Crippen LogP contribution is 2.20. The molecule has 0 aliphatic rings. The molecule has 19 heavy (non-hydrogen) atoms. The fourth-order valence-electron chi connectivity index (χ4n) is 1.77. The van der Waals surface area contributed by atoms with Gasteiger partial charge in [0.15, 0.2) is 11.6 Å². The Hall–Kier alpha value is -1.37. The van der Waals surface area contributed by atoms with Crippen molar-refractivity contribution in [1.29, 1.82) is 0 Å². The van der Waals surface area contributed by atoms with Crippen LogP contribution in [0.15, 0.2) is 41.0 Å². The summed E-state index contributed by atoms with van der Waals surface area (Å²) in [4.78, 5) is 4.19. The van der Waals surface area contributed by atoms with Gasteiger partial charge in [0.25, 0.3) is 0 Å². The molecular weight excluding hydrogens is 316 g/mol. The Morgan fingerprint density at radius 3 is 2.68 bits per heavy atom. The third-order valence-corrected chi connectivity index (χ3v) is 3.23. The van der Waals surface area contributed by atoms with Crippen molar-refractivity contribution in [1.82, 2.24) is 10.4 Å². The van der Waals surface area contributed by atoms with Gasteiger partial charge in [-0.25, -0.2) is 8.78 Å². The van der Waals surface area contributed by atoms with Crippen molar-refractivity contribution in [3.8, 4) is 0 Å². The minimum Gasteiger partial charge on any atom is -0.271 e. The van der Waals surface area contributed by atoms with E-state index < -0.39 is 11.6 Å². The van der Waals surface area contributed by atoms with Crippen molar-refractivity contribution in [3.05, 3.63) is 63.9 Å². The van der Waals surface area contributed by atoms with Gasteiger partial charge in [0.1, 0.15) is 0 Å². The molecule has 100 valence electrons. The predicted molar refractivity (Wildman–Crippen MR) is 72.1 cm³/mol. The summed E-state index contributed by atoms with van der Waals surface area (Å²) in [7, 11) is 0. The molecule has 1 heterocycles. The van der Waals surface area contributed by atoms with Crippen LogP contribution in [-0.2, 0) is 6.42 Å². The molecule has 1 unspecified atom stereocenters. The molecule has 0 aliphatic heterocycles. The molecule has 0 saturated carbocycles. The first kappa shape index (κ1) is 14.0. The lowest BCUT2D eigenvalue weighted by Crippen LogP contribution is -2.30. The Labute approximate surface area is 117 Å². The lowest BCUT2D eigenvalue weighted by Gasteiger charge is -2.16. The molecule has 2 aromatic rings. The summed E-state index contributed by atoms with van der Waals surface area (Å²) < 4.78 is 27.6. The minimum absolute atomic E-state index is 0.217. The number of hydrogen-bond donors (Lipinski definition) is 2. The number of hydrogen-bond acceptors (Lipinski definition) is 3. The van der Waals surface area contributed by atoms with Gasteiger partial charge in [0.2, 0.25) is 0 Å². The second-order valence-electron chi connectivity index (χ2n) is 4.04. The standard InChI is InChI=1S/C13H12BrF2N3/c14-9-4-5-11(18-7-9)12(19-17)6-8-2-1-3-10(15)13(8)16/h1-5,7,12,19H,6,17H2. The molecule has 1 aromatic heterocycles. The number of pyridine rings is 1. The monoisotopic (exact) mass is 327 g/mol. The van der Waals surface area contributed by atoms with E-state index in [0.29, 0.717) is 5.69 Å². The van der Waals surface area contributed by atoms with Gasteiger partial charge in [-0.3, -0.25) is 16.3 Å². The zero-order valence-corrected chi connectivity index (χ0v) is 11.5.